The number of imidazole rings is 1. The highest BCUT2D eigenvalue weighted by atomic mass is 19.4. The molecule has 0 unspecified atom stereocenters. The van der Waals surface area contributed by atoms with Gasteiger partial charge in [-0.1, -0.05) is 0 Å². The number of aromatic nitrogens is 3. The summed E-state index contributed by atoms with van der Waals surface area (Å²) in [6, 6.07) is 5.41. The van der Waals surface area contributed by atoms with Gasteiger partial charge in [0.15, 0.2) is 12.3 Å². The van der Waals surface area contributed by atoms with Crippen LogP contribution in [0.1, 0.15) is 27.4 Å². The first-order chi connectivity index (χ1) is 18.0. The molecular weight excluding hydrogens is 522 g/mol. The largest absolute Gasteiger partial charge is 0.491 e. The molecule has 38 heavy (non-hydrogen) atoms. The van der Waals surface area contributed by atoms with E-state index < -0.39 is 36.5 Å². The molecule has 2 aromatic heterocycles. The van der Waals surface area contributed by atoms with Crippen molar-refractivity contribution in [1.29, 1.82) is 0 Å². The van der Waals surface area contributed by atoms with E-state index in [4.69, 9.17) is 14.2 Å². The quantitative estimate of drug-likeness (QED) is 0.488. The molecule has 4 heterocycles. The van der Waals surface area contributed by atoms with E-state index in [9.17, 15) is 31.1 Å². The monoisotopic (exact) mass is 542 g/mol. The van der Waals surface area contributed by atoms with Crippen LogP contribution in [0.15, 0.2) is 36.5 Å². The number of hydrogen-bond acceptors (Lipinski definition) is 6. The van der Waals surface area contributed by atoms with E-state index in [0.29, 0.717) is 11.6 Å². The first-order valence-corrected chi connectivity index (χ1v) is 11.5. The second-order valence-electron chi connectivity index (χ2n) is 8.70. The lowest BCUT2D eigenvalue weighted by Crippen LogP contribution is -2.43. The molecule has 1 aromatic carbocycles. The Morgan fingerprint density at radius 1 is 1.18 bits per heavy atom. The number of hydrogen-bond donors (Lipinski definition) is 1. The van der Waals surface area contributed by atoms with Gasteiger partial charge in [0, 0.05) is 12.7 Å². The lowest BCUT2D eigenvalue weighted by Gasteiger charge is -2.26. The van der Waals surface area contributed by atoms with E-state index in [1.165, 1.54) is 24.4 Å². The van der Waals surface area contributed by atoms with Gasteiger partial charge in [-0.05, 0) is 42.3 Å². The third kappa shape index (κ3) is 5.39. The molecule has 202 valence electrons. The first kappa shape index (κ1) is 25.8. The maximum absolute atomic E-state index is 13.4. The fourth-order valence-electron chi connectivity index (χ4n) is 4.35. The second kappa shape index (κ2) is 9.82. The molecule has 0 radical (unpaired) electrons. The standard InChI is InChI=1S/C24H20F6N4O4/c25-23(26,27)12-38-22-16(2-1-5-31-22)20-19(33-18-11-36-7-6-34(18)20)21(35)32-15-9-13-8-14(24(28,29)30)3-4-17(13)37-10-15/h1-5,8,15H,6-7,9-12H2,(H,32,35)/t15-/m1/s1. The lowest BCUT2D eigenvalue weighted by molar-refractivity contribution is -0.154. The zero-order valence-corrected chi connectivity index (χ0v) is 19.5. The third-order valence-electron chi connectivity index (χ3n) is 5.98. The van der Waals surface area contributed by atoms with Crippen molar-refractivity contribution < 1.29 is 45.3 Å². The van der Waals surface area contributed by atoms with Crippen LogP contribution in [0.5, 0.6) is 11.6 Å². The highest BCUT2D eigenvalue weighted by Crippen LogP contribution is 2.36. The summed E-state index contributed by atoms with van der Waals surface area (Å²) in [5.74, 6) is -0.345. The predicted octanol–water partition coefficient (Wildman–Crippen LogP) is 4.17. The molecule has 8 nitrogen and oxygen atoms in total. The number of amides is 1. The van der Waals surface area contributed by atoms with Crippen LogP contribution >= 0.6 is 0 Å². The Morgan fingerprint density at radius 3 is 2.76 bits per heavy atom. The van der Waals surface area contributed by atoms with Crippen LogP contribution in [0.3, 0.4) is 0 Å². The van der Waals surface area contributed by atoms with Crippen LogP contribution in [-0.4, -0.2) is 52.5 Å². The van der Waals surface area contributed by atoms with E-state index in [0.717, 1.165) is 12.1 Å². The van der Waals surface area contributed by atoms with Gasteiger partial charge in [0.1, 0.15) is 24.8 Å². The Bertz CT molecular complexity index is 1350. The van der Waals surface area contributed by atoms with E-state index >= 15 is 0 Å². The van der Waals surface area contributed by atoms with Crippen molar-refractivity contribution >= 4 is 5.91 Å². The van der Waals surface area contributed by atoms with Crippen molar-refractivity contribution in [2.75, 3.05) is 19.8 Å². The van der Waals surface area contributed by atoms with Gasteiger partial charge in [0.25, 0.3) is 5.91 Å². The molecule has 0 saturated heterocycles. The van der Waals surface area contributed by atoms with Crippen molar-refractivity contribution in [1.82, 2.24) is 19.9 Å². The zero-order chi connectivity index (χ0) is 27.1. The Hall–Kier alpha value is -3.81. The fraction of sp³-hybridized carbons (Fsp3) is 0.375. The summed E-state index contributed by atoms with van der Waals surface area (Å²) < 4.78 is 95.5. The number of nitrogens with zero attached hydrogens (tertiary/aromatic N) is 3. The minimum Gasteiger partial charge on any atom is -0.491 e. The van der Waals surface area contributed by atoms with Crippen LogP contribution in [0.2, 0.25) is 0 Å². The second-order valence-corrected chi connectivity index (χ2v) is 8.70. The molecule has 1 N–H and O–H groups in total. The molecule has 0 saturated carbocycles. The number of benzene rings is 1. The van der Waals surface area contributed by atoms with Gasteiger partial charge in [-0.2, -0.15) is 26.3 Å². The molecule has 5 rings (SSSR count). The number of carbonyl (C=O) groups is 1. The van der Waals surface area contributed by atoms with E-state index in [2.05, 4.69) is 15.3 Å². The average Bonchev–Trinajstić information content (AvgIpc) is 3.26. The first-order valence-electron chi connectivity index (χ1n) is 11.5. The van der Waals surface area contributed by atoms with Crippen molar-refractivity contribution in [3.8, 4) is 22.9 Å². The van der Waals surface area contributed by atoms with Crippen LogP contribution < -0.4 is 14.8 Å². The van der Waals surface area contributed by atoms with E-state index in [1.807, 2.05) is 0 Å². The van der Waals surface area contributed by atoms with Gasteiger partial charge in [0.2, 0.25) is 5.88 Å². The van der Waals surface area contributed by atoms with Crippen LogP contribution in [0.25, 0.3) is 11.3 Å². The highest BCUT2D eigenvalue weighted by Gasteiger charge is 2.34. The summed E-state index contributed by atoms with van der Waals surface area (Å²) in [7, 11) is 0. The van der Waals surface area contributed by atoms with E-state index in [1.54, 1.807) is 4.57 Å². The summed E-state index contributed by atoms with van der Waals surface area (Å²) >= 11 is 0. The van der Waals surface area contributed by atoms with E-state index in [-0.39, 0.29) is 61.2 Å². The van der Waals surface area contributed by atoms with Crippen LogP contribution in [-0.2, 0) is 30.5 Å². The molecule has 2 aliphatic rings. The fourth-order valence-corrected chi connectivity index (χ4v) is 4.35. The molecule has 14 heteroatoms. The molecule has 3 aromatic rings. The van der Waals surface area contributed by atoms with Gasteiger partial charge in [-0.3, -0.25) is 4.79 Å². The van der Waals surface area contributed by atoms with Crippen molar-refractivity contribution in [2.45, 2.75) is 38.0 Å². The van der Waals surface area contributed by atoms with Crippen LogP contribution in [0.4, 0.5) is 26.3 Å². The molecule has 0 bridgehead atoms. The number of alkyl halides is 6. The number of ether oxygens (including phenoxy) is 3. The molecule has 0 aliphatic carbocycles. The number of fused-ring (bicyclic) bond motifs is 2. The van der Waals surface area contributed by atoms with Crippen molar-refractivity contribution in [3.63, 3.8) is 0 Å². The number of carbonyl (C=O) groups excluding carboxylic acids is 1. The summed E-state index contributed by atoms with van der Waals surface area (Å²) in [5, 5.41) is 2.73. The van der Waals surface area contributed by atoms with Gasteiger partial charge in [-0.15, -0.1) is 0 Å². The zero-order valence-electron chi connectivity index (χ0n) is 19.5. The van der Waals surface area contributed by atoms with Crippen LogP contribution in [0, 0.1) is 0 Å². The number of rotatable bonds is 5. The maximum atomic E-state index is 13.4. The Morgan fingerprint density at radius 2 is 2.00 bits per heavy atom. The normalized spacial score (nSPS) is 17.3. The third-order valence-corrected chi connectivity index (χ3v) is 5.98. The molecule has 2 aliphatic heterocycles. The molecule has 1 amide bonds. The van der Waals surface area contributed by atoms with Gasteiger partial charge in [0.05, 0.1) is 29.5 Å². The molecular formula is C24H20F6N4O4. The maximum Gasteiger partial charge on any atom is 0.422 e. The summed E-state index contributed by atoms with van der Waals surface area (Å²) in [5.41, 5.74) is -0.335. The molecule has 1 atom stereocenters. The van der Waals surface area contributed by atoms with Crippen molar-refractivity contribution in [2.24, 2.45) is 0 Å². The lowest BCUT2D eigenvalue weighted by atomic mass is 9.99. The SMILES string of the molecule is O=C(N[C@H]1COc2ccc(C(F)(F)F)cc2C1)c1nc2n(c1-c1cccnc1OCC(F)(F)F)CCOC2. The predicted molar refractivity (Wildman–Crippen MR) is 119 cm³/mol. The number of nitrogens with one attached hydrogen (secondary N) is 1. The Kier molecular flexibility index (Phi) is 6.67. The summed E-state index contributed by atoms with van der Waals surface area (Å²) in [6.45, 7) is -0.951. The molecule has 0 fully saturated rings. The minimum atomic E-state index is -4.61. The smallest absolute Gasteiger partial charge is 0.422 e. The summed E-state index contributed by atoms with van der Waals surface area (Å²) in [4.78, 5) is 21.7. The Balaban J connectivity index is 1.44. The number of pyridine rings is 1. The average molecular weight is 542 g/mol. The Labute approximate surface area is 211 Å². The van der Waals surface area contributed by atoms with Gasteiger partial charge >= 0.3 is 12.4 Å². The van der Waals surface area contributed by atoms with Gasteiger partial charge in [-0.25, -0.2) is 9.97 Å². The van der Waals surface area contributed by atoms with Crippen molar-refractivity contribution in [3.05, 3.63) is 59.2 Å². The van der Waals surface area contributed by atoms with Gasteiger partial charge < -0.3 is 24.1 Å². The topological polar surface area (TPSA) is 87.5 Å². The minimum absolute atomic E-state index is 0.00293. The summed E-state index contributed by atoms with van der Waals surface area (Å²) in [6.07, 6.45) is -7.81. The molecule has 0 spiro atoms. The highest BCUT2D eigenvalue weighted by molar-refractivity contribution is 5.99. The number of halogens is 6.